The summed E-state index contributed by atoms with van der Waals surface area (Å²) in [7, 11) is 1.22. The van der Waals surface area contributed by atoms with E-state index in [4.69, 9.17) is 9.47 Å². The van der Waals surface area contributed by atoms with E-state index in [2.05, 4.69) is 10.6 Å². The zero-order chi connectivity index (χ0) is 21.1. The van der Waals surface area contributed by atoms with Crippen molar-refractivity contribution >= 4 is 18.0 Å². The molecular formula is C21H24N2O6. The molecule has 0 fully saturated rings. The molecule has 0 heterocycles. The van der Waals surface area contributed by atoms with Crippen LogP contribution in [-0.4, -0.2) is 48.9 Å². The molecule has 0 radical (unpaired) electrons. The van der Waals surface area contributed by atoms with Crippen LogP contribution in [0.25, 0.3) is 0 Å². The lowest BCUT2D eigenvalue weighted by molar-refractivity contribution is -0.145. The second kappa shape index (κ2) is 11.5. The molecule has 0 bridgehead atoms. The van der Waals surface area contributed by atoms with Crippen molar-refractivity contribution in [3.8, 4) is 0 Å². The predicted octanol–water partition coefficient (Wildman–Crippen LogP) is 1.17. The number of aliphatic hydroxyl groups is 1. The number of carbonyl (C=O) groups excluding carboxylic acids is 3. The first-order valence-corrected chi connectivity index (χ1v) is 9.03. The normalized spacial score (nSPS) is 12.3. The summed E-state index contributed by atoms with van der Waals surface area (Å²) in [6, 6.07) is 15.9. The summed E-state index contributed by atoms with van der Waals surface area (Å²) in [5.41, 5.74) is 1.60. The highest BCUT2D eigenvalue weighted by molar-refractivity contribution is 5.89. The average molecular weight is 400 g/mol. The van der Waals surface area contributed by atoms with Crippen LogP contribution >= 0.6 is 0 Å². The van der Waals surface area contributed by atoms with Crippen LogP contribution < -0.4 is 10.6 Å². The molecule has 2 rings (SSSR count). The van der Waals surface area contributed by atoms with Crippen molar-refractivity contribution in [2.75, 3.05) is 13.7 Å². The molecule has 29 heavy (non-hydrogen) atoms. The summed E-state index contributed by atoms with van der Waals surface area (Å²) in [6.45, 7) is -0.642. The molecule has 2 aromatic rings. The van der Waals surface area contributed by atoms with E-state index in [-0.39, 0.29) is 13.0 Å². The quantitative estimate of drug-likeness (QED) is 0.545. The maximum absolute atomic E-state index is 12.5. The number of aliphatic hydroxyl groups excluding tert-OH is 1. The van der Waals surface area contributed by atoms with Crippen LogP contribution in [0, 0.1) is 0 Å². The Morgan fingerprint density at radius 2 is 1.48 bits per heavy atom. The minimum atomic E-state index is -1.28. The van der Waals surface area contributed by atoms with Gasteiger partial charge in [0.1, 0.15) is 18.7 Å². The SMILES string of the molecule is COC(=O)[C@@H](Cc1ccccc1)NC(=O)[C@H](CO)NC(=O)OCc1ccccc1. The lowest BCUT2D eigenvalue weighted by Gasteiger charge is -2.21. The van der Waals surface area contributed by atoms with Crippen molar-refractivity contribution < 1.29 is 29.0 Å². The Hall–Kier alpha value is -3.39. The number of ether oxygens (including phenoxy) is 2. The fraction of sp³-hybridized carbons (Fsp3) is 0.286. The summed E-state index contributed by atoms with van der Waals surface area (Å²) in [5, 5.41) is 14.3. The van der Waals surface area contributed by atoms with Gasteiger partial charge in [0.05, 0.1) is 13.7 Å². The number of esters is 1. The summed E-state index contributed by atoms with van der Waals surface area (Å²) < 4.78 is 9.79. The zero-order valence-electron chi connectivity index (χ0n) is 16.0. The van der Waals surface area contributed by atoms with Crippen molar-refractivity contribution in [3.63, 3.8) is 0 Å². The molecule has 0 aliphatic heterocycles. The number of amides is 2. The van der Waals surface area contributed by atoms with Crippen molar-refractivity contribution in [2.24, 2.45) is 0 Å². The Labute approximate surface area is 168 Å². The third-order valence-corrected chi connectivity index (χ3v) is 4.09. The fourth-order valence-electron chi connectivity index (χ4n) is 2.56. The second-order valence-electron chi connectivity index (χ2n) is 6.22. The standard InChI is InChI=1S/C21H24N2O6/c1-28-20(26)17(12-15-8-4-2-5-9-15)22-19(25)18(13-24)23-21(27)29-14-16-10-6-3-7-11-16/h2-11,17-18,24H,12-14H2,1H3,(H,22,25)(H,23,27)/t17-,18+/m1/s1. The highest BCUT2D eigenvalue weighted by atomic mass is 16.5. The molecular weight excluding hydrogens is 376 g/mol. The Morgan fingerprint density at radius 3 is 2.03 bits per heavy atom. The molecule has 154 valence electrons. The Bertz CT molecular complexity index is 797. The highest BCUT2D eigenvalue weighted by Crippen LogP contribution is 2.05. The first-order valence-electron chi connectivity index (χ1n) is 9.03. The molecule has 3 N–H and O–H groups in total. The molecule has 0 aliphatic rings. The second-order valence-corrected chi connectivity index (χ2v) is 6.22. The third kappa shape index (κ3) is 7.27. The number of carbonyl (C=O) groups is 3. The van der Waals surface area contributed by atoms with Gasteiger partial charge in [-0.2, -0.15) is 0 Å². The maximum atomic E-state index is 12.5. The Kier molecular flexibility index (Phi) is 8.65. The van der Waals surface area contributed by atoms with Crippen LogP contribution in [0.3, 0.4) is 0 Å². The van der Waals surface area contributed by atoms with Gasteiger partial charge in [-0.25, -0.2) is 9.59 Å². The van der Waals surface area contributed by atoms with Crippen LogP contribution in [0.4, 0.5) is 4.79 Å². The lowest BCUT2D eigenvalue weighted by Crippen LogP contribution is -2.54. The van der Waals surface area contributed by atoms with Gasteiger partial charge < -0.3 is 25.2 Å². The number of hydrogen-bond donors (Lipinski definition) is 3. The summed E-state index contributed by atoms with van der Waals surface area (Å²) in [6.07, 6.45) is -0.656. The molecule has 0 aromatic heterocycles. The zero-order valence-corrected chi connectivity index (χ0v) is 16.0. The van der Waals surface area contributed by atoms with Gasteiger partial charge in [-0.3, -0.25) is 4.79 Å². The number of benzene rings is 2. The van der Waals surface area contributed by atoms with Crippen LogP contribution in [0.15, 0.2) is 60.7 Å². The molecule has 0 saturated carbocycles. The van der Waals surface area contributed by atoms with Gasteiger partial charge in [0.25, 0.3) is 0 Å². The minimum absolute atomic E-state index is 0.0191. The van der Waals surface area contributed by atoms with Crippen LogP contribution in [0.2, 0.25) is 0 Å². The van der Waals surface area contributed by atoms with Gasteiger partial charge in [0.2, 0.25) is 5.91 Å². The number of rotatable bonds is 9. The third-order valence-electron chi connectivity index (χ3n) is 4.09. The minimum Gasteiger partial charge on any atom is -0.467 e. The molecule has 2 amide bonds. The lowest BCUT2D eigenvalue weighted by atomic mass is 10.1. The van der Waals surface area contributed by atoms with Crippen LogP contribution in [0.1, 0.15) is 11.1 Å². The van der Waals surface area contributed by atoms with Crippen LogP contribution in [-0.2, 0) is 32.1 Å². The van der Waals surface area contributed by atoms with Gasteiger partial charge >= 0.3 is 12.1 Å². The summed E-state index contributed by atoms with van der Waals surface area (Å²) >= 11 is 0. The van der Waals surface area contributed by atoms with E-state index < -0.39 is 36.7 Å². The monoisotopic (exact) mass is 400 g/mol. The Balaban J connectivity index is 1.93. The van der Waals surface area contributed by atoms with Crippen molar-refractivity contribution in [3.05, 3.63) is 71.8 Å². The maximum Gasteiger partial charge on any atom is 0.408 e. The average Bonchev–Trinajstić information content (AvgIpc) is 2.76. The van der Waals surface area contributed by atoms with E-state index in [0.29, 0.717) is 0 Å². The predicted molar refractivity (Wildman–Crippen MR) is 105 cm³/mol. The smallest absolute Gasteiger partial charge is 0.408 e. The molecule has 8 nitrogen and oxygen atoms in total. The van der Waals surface area contributed by atoms with Crippen molar-refractivity contribution in [2.45, 2.75) is 25.1 Å². The fourth-order valence-corrected chi connectivity index (χ4v) is 2.56. The largest absolute Gasteiger partial charge is 0.467 e. The van der Waals surface area contributed by atoms with E-state index >= 15 is 0 Å². The highest BCUT2D eigenvalue weighted by Gasteiger charge is 2.27. The van der Waals surface area contributed by atoms with Gasteiger partial charge in [-0.1, -0.05) is 60.7 Å². The van der Waals surface area contributed by atoms with E-state index in [1.54, 1.807) is 24.3 Å². The Morgan fingerprint density at radius 1 is 0.897 bits per heavy atom. The van der Waals surface area contributed by atoms with E-state index in [0.717, 1.165) is 11.1 Å². The van der Waals surface area contributed by atoms with Gasteiger partial charge in [-0.15, -0.1) is 0 Å². The summed E-state index contributed by atoms with van der Waals surface area (Å²) in [5.74, 6) is -1.36. The van der Waals surface area contributed by atoms with Crippen molar-refractivity contribution in [1.29, 1.82) is 0 Å². The molecule has 2 atom stereocenters. The number of methoxy groups -OCH3 is 1. The van der Waals surface area contributed by atoms with E-state index in [1.807, 2.05) is 36.4 Å². The molecule has 0 unspecified atom stereocenters. The molecule has 0 saturated heterocycles. The van der Waals surface area contributed by atoms with Gasteiger partial charge in [-0.05, 0) is 11.1 Å². The molecule has 8 heteroatoms. The molecule has 0 aliphatic carbocycles. The number of alkyl carbamates (subject to hydrolysis) is 1. The van der Waals surface area contributed by atoms with Gasteiger partial charge in [0.15, 0.2) is 0 Å². The first kappa shape index (κ1) is 21.9. The topological polar surface area (TPSA) is 114 Å². The number of nitrogens with one attached hydrogen (secondary N) is 2. The van der Waals surface area contributed by atoms with Crippen molar-refractivity contribution in [1.82, 2.24) is 10.6 Å². The van der Waals surface area contributed by atoms with Crippen LogP contribution in [0.5, 0.6) is 0 Å². The summed E-state index contributed by atoms with van der Waals surface area (Å²) in [4.78, 5) is 36.4. The van der Waals surface area contributed by atoms with Gasteiger partial charge in [0, 0.05) is 6.42 Å². The molecule has 2 aromatic carbocycles. The van der Waals surface area contributed by atoms with E-state index in [1.165, 1.54) is 7.11 Å². The molecule has 0 spiro atoms. The van der Waals surface area contributed by atoms with E-state index in [9.17, 15) is 19.5 Å². The number of hydrogen-bond acceptors (Lipinski definition) is 6. The first-order chi connectivity index (χ1) is 14.0.